The van der Waals surface area contributed by atoms with Crippen LogP contribution in [-0.4, -0.2) is 19.1 Å². The van der Waals surface area contributed by atoms with Crippen molar-refractivity contribution in [1.82, 2.24) is 5.32 Å². The molecule has 0 saturated carbocycles. The maximum Gasteiger partial charge on any atom is 0.246 e. The van der Waals surface area contributed by atoms with Crippen LogP contribution in [0.5, 0.6) is 5.75 Å². The Bertz CT molecular complexity index is 410. The van der Waals surface area contributed by atoms with Crippen LogP contribution >= 0.6 is 0 Å². The number of amides is 1. The van der Waals surface area contributed by atoms with Crippen molar-refractivity contribution in [1.29, 1.82) is 0 Å². The number of benzene rings is 1. The summed E-state index contributed by atoms with van der Waals surface area (Å²) in [6.45, 7) is 4.73. The van der Waals surface area contributed by atoms with E-state index in [2.05, 4.69) is 5.32 Å². The van der Waals surface area contributed by atoms with E-state index in [0.717, 1.165) is 17.7 Å². The first-order chi connectivity index (χ1) is 8.63. The molecule has 0 saturated heterocycles. The van der Waals surface area contributed by atoms with Gasteiger partial charge in [-0.15, -0.1) is 0 Å². The van der Waals surface area contributed by atoms with Gasteiger partial charge in [-0.2, -0.15) is 0 Å². The van der Waals surface area contributed by atoms with E-state index in [0.29, 0.717) is 18.8 Å². The summed E-state index contributed by atoms with van der Waals surface area (Å²) in [4.78, 5) is 11.5. The number of allylic oxidation sites excluding steroid dienone is 1. The molecule has 0 heterocycles. The van der Waals surface area contributed by atoms with Crippen molar-refractivity contribution in [3.05, 3.63) is 35.9 Å². The number of anilines is 1. The summed E-state index contributed by atoms with van der Waals surface area (Å²) >= 11 is 0. The summed E-state index contributed by atoms with van der Waals surface area (Å²) in [6, 6.07) is 7.17. The average Bonchev–Trinajstić information content (AvgIpc) is 2.36. The van der Waals surface area contributed by atoms with Crippen LogP contribution < -0.4 is 15.8 Å². The summed E-state index contributed by atoms with van der Waals surface area (Å²) in [7, 11) is 0. The molecule has 98 valence electrons. The van der Waals surface area contributed by atoms with Gasteiger partial charge in [0, 0.05) is 11.3 Å². The predicted octanol–water partition coefficient (Wildman–Crippen LogP) is 2.12. The Hall–Kier alpha value is -1.97. The molecule has 0 radical (unpaired) electrons. The van der Waals surface area contributed by atoms with Crippen molar-refractivity contribution in [3.63, 3.8) is 0 Å². The molecule has 0 fully saturated rings. The van der Waals surface area contributed by atoms with Gasteiger partial charge in [-0.3, -0.25) is 4.79 Å². The third-order valence-corrected chi connectivity index (χ3v) is 2.40. The molecule has 18 heavy (non-hydrogen) atoms. The predicted molar refractivity (Wildman–Crippen MR) is 73.4 cm³/mol. The van der Waals surface area contributed by atoms with Gasteiger partial charge in [-0.05, 0) is 37.6 Å². The fourth-order valence-corrected chi connectivity index (χ4v) is 1.44. The third-order valence-electron chi connectivity index (χ3n) is 2.40. The van der Waals surface area contributed by atoms with Gasteiger partial charge in [0.25, 0.3) is 0 Å². The van der Waals surface area contributed by atoms with Gasteiger partial charge in [0.2, 0.25) is 5.91 Å². The number of nitrogens with one attached hydrogen (secondary N) is 1. The van der Waals surface area contributed by atoms with Crippen molar-refractivity contribution in [2.75, 3.05) is 18.9 Å². The number of rotatable bonds is 6. The Morgan fingerprint density at radius 3 is 2.67 bits per heavy atom. The van der Waals surface area contributed by atoms with E-state index in [-0.39, 0.29) is 5.91 Å². The van der Waals surface area contributed by atoms with Gasteiger partial charge < -0.3 is 15.8 Å². The maximum absolute atomic E-state index is 11.5. The molecular formula is C14H20N2O2. The van der Waals surface area contributed by atoms with Gasteiger partial charge in [0.1, 0.15) is 12.4 Å². The minimum atomic E-state index is -0.0437. The van der Waals surface area contributed by atoms with E-state index in [1.165, 1.54) is 0 Å². The zero-order chi connectivity index (χ0) is 13.4. The Balaban J connectivity index is 2.25. The molecule has 4 heteroatoms. The average molecular weight is 248 g/mol. The fourth-order valence-electron chi connectivity index (χ4n) is 1.44. The van der Waals surface area contributed by atoms with Crippen LogP contribution in [0.1, 0.15) is 20.3 Å². The van der Waals surface area contributed by atoms with Crippen molar-refractivity contribution < 1.29 is 9.53 Å². The standard InChI is InChI=1S/C14H20N2O2/c1-3-4-11(2)14(17)16-9-10-18-13-7-5-12(15)6-8-13/h4-8H,3,9-10,15H2,1-2H3,(H,16,17). The van der Waals surface area contributed by atoms with E-state index < -0.39 is 0 Å². The maximum atomic E-state index is 11.5. The Kier molecular flexibility index (Phi) is 5.77. The number of ether oxygens (including phenoxy) is 1. The second kappa shape index (κ2) is 7.37. The number of carbonyl (C=O) groups is 1. The number of carbonyl (C=O) groups excluding carboxylic acids is 1. The molecule has 3 N–H and O–H groups in total. The van der Waals surface area contributed by atoms with E-state index in [9.17, 15) is 4.79 Å². The van der Waals surface area contributed by atoms with E-state index in [4.69, 9.17) is 10.5 Å². The summed E-state index contributed by atoms with van der Waals surface area (Å²) in [6.07, 6.45) is 2.76. The highest BCUT2D eigenvalue weighted by atomic mass is 16.5. The van der Waals surface area contributed by atoms with Crippen LogP contribution in [-0.2, 0) is 4.79 Å². The number of nitrogen functional groups attached to an aromatic ring is 1. The first-order valence-corrected chi connectivity index (χ1v) is 6.06. The number of nitrogens with two attached hydrogens (primary N) is 1. The number of hydrogen-bond acceptors (Lipinski definition) is 3. The van der Waals surface area contributed by atoms with Crippen molar-refractivity contribution in [3.8, 4) is 5.75 Å². The molecule has 1 rings (SSSR count). The largest absolute Gasteiger partial charge is 0.492 e. The molecule has 1 aromatic rings. The van der Waals surface area contributed by atoms with Crippen molar-refractivity contribution >= 4 is 11.6 Å². The van der Waals surface area contributed by atoms with Crippen LogP contribution in [0.15, 0.2) is 35.9 Å². The Labute approximate surface area is 108 Å². The zero-order valence-electron chi connectivity index (χ0n) is 10.9. The Morgan fingerprint density at radius 2 is 2.06 bits per heavy atom. The molecular weight excluding hydrogens is 228 g/mol. The number of hydrogen-bond donors (Lipinski definition) is 2. The normalized spacial score (nSPS) is 11.1. The Morgan fingerprint density at radius 1 is 1.39 bits per heavy atom. The first kappa shape index (κ1) is 14.1. The van der Waals surface area contributed by atoms with E-state index in [1.807, 2.05) is 13.0 Å². The van der Waals surface area contributed by atoms with E-state index >= 15 is 0 Å². The molecule has 0 bridgehead atoms. The SMILES string of the molecule is CCC=C(C)C(=O)NCCOc1ccc(N)cc1. The third kappa shape index (κ3) is 4.91. The molecule has 0 aliphatic heterocycles. The minimum Gasteiger partial charge on any atom is -0.492 e. The van der Waals surface area contributed by atoms with Crippen molar-refractivity contribution in [2.45, 2.75) is 20.3 Å². The molecule has 1 aromatic carbocycles. The molecule has 1 amide bonds. The summed E-state index contributed by atoms with van der Waals surface area (Å²) in [5, 5.41) is 2.79. The smallest absolute Gasteiger partial charge is 0.246 e. The molecule has 0 atom stereocenters. The van der Waals surface area contributed by atoms with Gasteiger partial charge in [-0.1, -0.05) is 13.0 Å². The molecule has 0 spiro atoms. The van der Waals surface area contributed by atoms with Crippen LogP contribution in [0.2, 0.25) is 0 Å². The van der Waals surface area contributed by atoms with E-state index in [1.54, 1.807) is 31.2 Å². The van der Waals surface area contributed by atoms with Gasteiger partial charge in [-0.25, -0.2) is 0 Å². The highest BCUT2D eigenvalue weighted by Crippen LogP contribution is 2.12. The summed E-state index contributed by atoms with van der Waals surface area (Å²) in [5.74, 6) is 0.706. The van der Waals surface area contributed by atoms with Crippen molar-refractivity contribution in [2.24, 2.45) is 0 Å². The lowest BCUT2D eigenvalue weighted by Crippen LogP contribution is -2.28. The van der Waals surface area contributed by atoms with Crippen LogP contribution in [0.25, 0.3) is 0 Å². The first-order valence-electron chi connectivity index (χ1n) is 6.06. The van der Waals surface area contributed by atoms with Crippen LogP contribution in [0.4, 0.5) is 5.69 Å². The fraction of sp³-hybridized carbons (Fsp3) is 0.357. The highest BCUT2D eigenvalue weighted by molar-refractivity contribution is 5.92. The highest BCUT2D eigenvalue weighted by Gasteiger charge is 2.02. The second-order valence-electron chi connectivity index (χ2n) is 3.97. The quantitative estimate of drug-likeness (QED) is 0.460. The lowest BCUT2D eigenvalue weighted by Gasteiger charge is -2.08. The summed E-state index contributed by atoms with van der Waals surface area (Å²) in [5.41, 5.74) is 7.01. The molecule has 4 nitrogen and oxygen atoms in total. The summed E-state index contributed by atoms with van der Waals surface area (Å²) < 4.78 is 5.46. The minimum absolute atomic E-state index is 0.0437. The topological polar surface area (TPSA) is 64.3 Å². The van der Waals surface area contributed by atoms with Crippen LogP contribution in [0, 0.1) is 0 Å². The van der Waals surface area contributed by atoms with Gasteiger partial charge >= 0.3 is 0 Å². The molecule has 0 aliphatic rings. The monoisotopic (exact) mass is 248 g/mol. The lowest BCUT2D eigenvalue weighted by atomic mass is 10.2. The molecule has 0 aliphatic carbocycles. The van der Waals surface area contributed by atoms with Gasteiger partial charge in [0.15, 0.2) is 0 Å². The second-order valence-corrected chi connectivity index (χ2v) is 3.97. The zero-order valence-corrected chi connectivity index (χ0v) is 10.9. The van der Waals surface area contributed by atoms with Crippen LogP contribution in [0.3, 0.4) is 0 Å². The molecule has 0 aromatic heterocycles. The molecule has 0 unspecified atom stereocenters. The van der Waals surface area contributed by atoms with Gasteiger partial charge in [0.05, 0.1) is 6.54 Å². The lowest BCUT2D eigenvalue weighted by molar-refractivity contribution is -0.117.